The van der Waals surface area contributed by atoms with Gasteiger partial charge in [0.05, 0.1) is 22.4 Å². The Morgan fingerprint density at radius 2 is 1.61 bits per heavy atom. The van der Waals surface area contributed by atoms with E-state index in [1.54, 1.807) is 25.4 Å². The van der Waals surface area contributed by atoms with Crippen molar-refractivity contribution >= 4 is 16.9 Å². The summed E-state index contributed by atoms with van der Waals surface area (Å²) in [6.07, 6.45) is 1.60. The van der Waals surface area contributed by atoms with Crippen molar-refractivity contribution in [3.05, 3.63) is 67.7 Å². The van der Waals surface area contributed by atoms with E-state index in [0.29, 0.717) is 43.9 Å². The second-order valence-electron chi connectivity index (χ2n) is 8.08. The van der Waals surface area contributed by atoms with Gasteiger partial charge >= 0.3 is 5.69 Å². The fraction of sp³-hybridized carbons (Fsp3) is 0.409. The normalized spacial score (nSPS) is 14.9. The Balaban J connectivity index is 1.45. The summed E-state index contributed by atoms with van der Waals surface area (Å²) in [5.41, 5.74) is 3.81. The van der Waals surface area contributed by atoms with Crippen molar-refractivity contribution in [2.24, 2.45) is 14.1 Å². The zero-order valence-corrected chi connectivity index (χ0v) is 18.3. The molecule has 2 aromatic heterocycles. The molecule has 3 heterocycles. The van der Waals surface area contributed by atoms with Crippen molar-refractivity contribution in [1.82, 2.24) is 28.9 Å². The lowest BCUT2D eigenvalue weighted by Crippen LogP contribution is -2.49. The van der Waals surface area contributed by atoms with Crippen LogP contribution in [-0.4, -0.2) is 61.0 Å². The lowest BCUT2D eigenvalue weighted by Gasteiger charge is -2.34. The minimum Gasteiger partial charge on any atom is -0.336 e. The van der Waals surface area contributed by atoms with Gasteiger partial charge in [-0.25, -0.2) is 14.8 Å². The van der Waals surface area contributed by atoms with Gasteiger partial charge in [0.15, 0.2) is 0 Å². The lowest BCUT2D eigenvalue weighted by atomic mass is 10.1. The van der Waals surface area contributed by atoms with Crippen LogP contribution in [0.15, 0.2) is 34.0 Å². The van der Waals surface area contributed by atoms with Gasteiger partial charge in [-0.05, 0) is 32.0 Å². The van der Waals surface area contributed by atoms with Crippen molar-refractivity contribution in [3.63, 3.8) is 0 Å². The topological polar surface area (TPSA) is 93.3 Å². The number of fused-ring (bicyclic) bond motifs is 1. The first-order chi connectivity index (χ1) is 14.7. The highest BCUT2D eigenvalue weighted by molar-refractivity contribution is 5.97. The monoisotopic (exact) mass is 422 g/mol. The highest BCUT2D eigenvalue weighted by atomic mass is 16.2. The third-order valence-electron chi connectivity index (χ3n) is 5.89. The first kappa shape index (κ1) is 20.9. The Morgan fingerprint density at radius 3 is 2.29 bits per heavy atom. The maximum atomic E-state index is 13.0. The minimum absolute atomic E-state index is 0.0281. The molecule has 1 aliphatic heterocycles. The van der Waals surface area contributed by atoms with E-state index in [0.717, 1.165) is 27.0 Å². The molecule has 9 heteroatoms. The number of aryl methyl sites for hydroxylation is 3. The number of amides is 1. The number of carbonyl (C=O) groups is 1. The zero-order chi connectivity index (χ0) is 22.3. The fourth-order valence-electron chi connectivity index (χ4n) is 3.89. The minimum atomic E-state index is -0.338. The summed E-state index contributed by atoms with van der Waals surface area (Å²) in [7, 11) is 3.13. The van der Waals surface area contributed by atoms with Crippen molar-refractivity contribution in [2.45, 2.75) is 20.4 Å². The van der Waals surface area contributed by atoms with E-state index >= 15 is 0 Å². The third-order valence-corrected chi connectivity index (χ3v) is 5.89. The molecule has 0 unspecified atom stereocenters. The number of hydrogen-bond acceptors (Lipinski definition) is 6. The summed E-state index contributed by atoms with van der Waals surface area (Å²) < 4.78 is 2.54. The van der Waals surface area contributed by atoms with Crippen LogP contribution in [0.1, 0.15) is 27.3 Å². The van der Waals surface area contributed by atoms with Gasteiger partial charge in [-0.15, -0.1) is 0 Å². The van der Waals surface area contributed by atoms with Crippen LogP contribution >= 0.6 is 0 Å². The highest BCUT2D eigenvalue weighted by Crippen LogP contribution is 2.17. The van der Waals surface area contributed by atoms with Gasteiger partial charge in [0, 0.05) is 64.1 Å². The molecule has 1 aromatic carbocycles. The number of nitrogens with zero attached hydrogens (tertiary/aromatic N) is 6. The molecule has 4 rings (SSSR count). The van der Waals surface area contributed by atoms with Crippen LogP contribution in [0.2, 0.25) is 0 Å². The molecule has 1 saturated heterocycles. The fourth-order valence-corrected chi connectivity index (χ4v) is 3.89. The smallest absolute Gasteiger partial charge is 0.330 e. The third kappa shape index (κ3) is 4.00. The molecular formula is C22H26N6O3. The molecule has 0 radical (unpaired) electrons. The number of piperazine rings is 1. The molecule has 9 nitrogen and oxygen atoms in total. The number of benzene rings is 1. The SMILES string of the molecule is Cc1nc2ccc(C(=O)N3CCN(Cc4cn(C)c(=O)n(C)c4=O)CC3)cc2nc1C. The largest absolute Gasteiger partial charge is 0.336 e. The lowest BCUT2D eigenvalue weighted by molar-refractivity contribution is 0.0627. The molecule has 0 spiro atoms. The van der Waals surface area contributed by atoms with E-state index in [-0.39, 0.29) is 17.2 Å². The standard InChI is InChI=1S/C22H26N6O3/c1-14-15(2)24-19-11-16(5-6-18(19)23-14)21(30)28-9-7-27(8-10-28)13-17-12-25(3)22(31)26(4)20(17)29/h5-6,11-12H,7-10,13H2,1-4H3. The van der Waals surface area contributed by atoms with E-state index < -0.39 is 0 Å². The second-order valence-corrected chi connectivity index (χ2v) is 8.08. The average Bonchev–Trinajstić information content (AvgIpc) is 2.76. The quantitative estimate of drug-likeness (QED) is 0.614. The second kappa shape index (κ2) is 8.07. The number of rotatable bonds is 3. The molecule has 1 fully saturated rings. The van der Waals surface area contributed by atoms with Gasteiger partial charge in [0.1, 0.15) is 0 Å². The average molecular weight is 422 g/mol. The molecule has 0 N–H and O–H groups in total. The van der Waals surface area contributed by atoms with Crippen molar-refractivity contribution < 1.29 is 4.79 Å². The maximum absolute atomic E-state index is 13.0. The first-order valence-electron chi connectivity index (χ1n) is 10.3. The van der Waals surface area contributed by atoms with Crippen LogP contribution < -0.4 is 11.2 Å². The van der Waals surface area contributed by atoms with Crippen molar-refractivity contribution in [3.8, 4) is 0 Å². The van der Waals surface area contributed by atoms with Gasteiger partial charge < -0.3 is 9.47 Å². The Morgan fingerprint density at radius 1 is 0.968 bits per heavy atom. The van der Waals surface area contributed by atoms with E-state index in [9.17, 15) is 14.4 Å². The van der Waals surface area contributed by atoms with E-state index in [1.807, 2.05) is 24.8 Å². The van der Waals surface area contributed by atoms with Crippen LogP contribution in [0.25, 0.3) is 11.0 Å². The van der Waals surface area contributed by atoms with Crippen molar-refractivity contribution in [2.75, 3.05) is 26.2 Å². The Hall–Kier alpha value is -3.33. The molecule has 3 aromatic rings. The Kier molecular flexibility index (Phi) is 5.45. The predicted octanol–water partition coefficient (Wildman–Crippen LogP) is 0.602. The molecular weight excluding hydrogens is 396 g/mol. The van der Waals surface area contributed by atoms with Gasteiger partial charge in [-0.3, -0.25) is 19.1 Å². The van der Waals surface area contributed by atoms with Crippen LogP contribution in [0, 0.1) is 13.8 Å². The molecule has 0 bridgehead atoms. The number of carbonyl (C=O) groups excluding carboxylic acids is 1. The summed E-state index contributed by atoms with van der Waals surface area (Å²) >= 11 is 0. The summed E-state index contributed by atoms with van der Waals surface area (Å²) in [4.78, 5) is 50.3. The number of aromatic nitrogens is 4. The van der Waals surface area contributed by atoms with Gasteiger partial charge in [-0.2, -0.15) is 0 Å². The maximum Gasteiger partial charge on any atom is 0.330 e. The molecule has 1 aliphatic rings. The highest BCUT2D eigenvalue weighted by Gasteiger charge is 2.23. The summed E-state index contributed by atoms with van der Waals surface area (Å²) in [5, 5.41) is 0. The Labute approximate surface area is 179 Å². The van der Waals surface area contributed by atoms with Crippen LogP contribution in [0.4, 0.5) is 0 Å². The van der Waals surface area contributed by atoms with Gasteiger partial charge in [0.2, 0.25) is 0 Å². The summed E-state index contributed by atoms with van der Waals surface area (Å²) in [6, 6.07) is 5.44. The van der Waals surface area contributed by atoms with Crippen LogP contribution in [0.3, 0.4) is 0 Å². The molecule has 162 valence electrons. The first-order valence-corrected chi connectivity index (χ1v) is 10.3. The molecule has 0 saturated carbocycles. The molecule has 0 aliphatic carbocycles. The summed E-state index contributed by atoms with van der Waals surface area (Å²) in [6.45, 7) is 6.74. The van der Waals surface area contributed by atoms with Crippen LogP contribution in [0.5, 0.6) is 0 Å². The molecule has 1 amide bonds. The molecule has 31 heavy (non-hydrogen) atoms. The molecule has 0 atom stereocenters. The van der Waals surface area contributed by atoms with Gasteiger partial charge in [0.25, 0.3) is 11.5 Å². The zero-order valence-electron chi connectivity index (χ0n) is 18.3. The van der Waals surface area contributed by atoms with E-state index in [4.69, 9.17) is 0 Å². The van der Waals surface area contributed by atoms with Crippen LogP contribution in [-0.2, 0) is 20.6 Å². The van der Waals surface area contributed by atoms with E-state index in [1.165, 1.54) is 11.6 Å². The predicted molar refractivity (Wildman–Crippen MR) is 117 cm³/mol. The van der Waals surface area contributed by atoms with Crippen molar-refractivity contribution in [1.29, 1.82) is 0 Å². The van der Waals surface area contributed by atoms with Gasteiger partial charge in [-0.1, -0.05) is 0 Å². The Bertz CT molecular complexity index is 1280. The van der Waals surface area contributed by atoms with E-state index in [2.05, 4.69) is 14.9 Å². The summed E-state index contributed by atoms with van der Waals surface area (Å²) in [5.74, 6) is -0.0281. The number of hydrogen-bond donors (Lipinski definition) is 0.